The summed E-state index contributed by atoms with van der Waals surface area (Å²) in [5, 5.41) is 17.1. The molecule has 0 saturated carbocycles. The van der Waals surface area contributed by atoms with E-state index >= 15 is 0 Å². The molecule has 0 spiro atoms. The molecule has 2 aromatic carbocycles. The van der Waals surface area contributed by atoms with Gasteiger partial charge in [-0.2, -0.15) is 0 Å². The number of esters is 1. The van der Waals surface area contributed by atoms with E-state index in [2.05, 4.69) is 20.8 Å². The fourth-order valence-electron chi connectivity index (χ4n) is 3.51. The van der Waals surface area contributed by atoms with Gasteiger partial charge in [0, 0.05) is 22.1 Å². The third-order valence-corrected chi connectivity index (χ3v) is 6.12. The van der Waals surface area contributed by atoms with Crippen LogP contribution in [0.4, 0.5) is 5.00 Å². The molecule has 9 heteroatoms. The Labute approximate surface area is 201 Å². The van der Waals surface area contributed by atoms with Crippen LogP contribution in [0.3, 0.4) is 0 Å². The van der Waals surface area contributed by atoms with Crippen molar-refractivity contribution in [2.45, 2.75) is 33.7 Å². The number of hydrogen-bond acceptors (Lipinski definition) is 7. The van der Waals surface area contributed by atoms with Gasteiger partial charge in [0.15, 0.2) is 5.82 Å². The topological polar surface area (TPSA) is 99.0 Å². The number of nitrogens with one attached hydrogen (secondary N) is 1. The number of benzene rings is 2. The largest absolute Gasteiger partial charge is 0.462 e. The van der Waals surface area contributed by atoms with Gasteiger partial charge in [-0.15, -0.1) is 16.4 Å². The molecule has 2 aromatic heterocycles. The number of hydrogen-bond donors (Lipinski definition) is 1. The van der Waals surface area contributed by atoms with Crippen molar-refractivity contribution in [3.8, 4) is 22.5 Å². The highest BCUT2D eigenvalue weighted by Crippen LogP contribution is 2.36. The monoisotopic (exact) mass is 475 g/mol. The number of carbonyl (C=O) groups is 2. The van der Waals surface area contributed by atoms with E-state index in [0.29, 0.717) is 22.0 Å². The molecule has 0 fully saturated rings. The van der Waals surface area contributed by atoms with Gasteiger partial charge >= 0.3 is 5.97 Å². The van der Waals surface area contributed by atoms with Crippen molar-refractivity contribution in [3.63, 3.8) is 0 Å². The molecule has 0 atom stereocenters. The van der Waals surface area contributed by atoms with Gasteiger partial charge in [-0.05, 0) is 55.8 Å². The van der Waals surface area contributed by atoms with Gasteiger partial charge in [0.25, 0.3) is 5.91 Å². The summed E-state index contributed by atoms with van der Waals surface area (Å²) in [5.74, 6) is -0.234. The highest BCUT2D eigenvalue weighted by atomic mass is 32.1. The van der Waals surface area contributed by atoms with Crippen LogP contribution in [0.25, 0.3) is 22.5 Å². The lowest BCUT2D eigenvalue weighted by Crippen LogP contribution is -2.15. The van der Waals surface area contributed by atoms with Crippen LogP contribution in [0.1, 0.15) is 53.1 Å². The number of aryl methyl sites for hydroxylation is 1. The second-order valence-corrected chi connectivity index (χ2v) is 8.90. The van der Waals surface area contributed by atoms with Crippen molar-refractivity contribution < 1.29 is 14.3 Å². The summed E-state index contributed by atoms with van der Waals surface area (Å²) >= 11 is 1.29. The normalized spacial score (nSPS) is 11.0. The molecular formula is C25H25N5O3S. The Morgan fingerprint density at radius 1 is 1.12 bits per heavy atom. The Balaban J connectivity index is 1.66. The maximum atomic E-state index is 13.2. The molecular weight excluding hydrogens is 450 g/mol. The molecule has 0 unspecified atom stereocenters. The first-order chi connectivity index (χ1) is 16.4. The maximum Gasteiger partial charge on any atom is 0.341 e. The lowest BCUT2D eigenvalue weighted by atomic mass is 10.0. The number of nitrogens with zero attached hydrogens (tertiary/aromatic N) is 4. The van der Waals surface area contributed by atoms with Crippen LogP contribution in [-0.2, 0) is 4.74 Å². The minimum atomic E-state index is -0.473. The quantitative estimate of drug-likeness (QED) is 0.360. The summed E-state index contributed by atoms with van der Waals surface area (Å²) < 4.78 is 6.99. The zero-order valence-electron chi connectivity index (χ0n) is 19.4. The molecule has 0 saturated heterocycles. The lowest BCUT2D eigenvalue weighted by Gasteiger charge is -2.10. The van der Waals surface area contributed by atoms with E-state index in [1.54, 1.807) is 29.8 Å². The molecule has 1 N–H and O–H groups in total. The fraction of sp³-hybridized carbons (Fsp3) is 0.240. The van der Waals surface area contributed by atoms with E-state index in [1.165, 1.54) is 11.3 Å². The summed E-state index contributed by atoms with van der Waals surface area (Å²) in [7, 11) is 0. The predicted octanol–water partition coefficient (Wildman–Crippen LogP) is 5.39. The molecule has 174 valence electrons. The summed E-state index contributed by atoms with van der Waals surface area (Å²) in [6, 6.07) is 15.0. The number of rotatable bonds is 7. The van der Waals surface area contributed by atoms with Crippen LogP contribution in [0.5, 0.6) is 0 Å². The molecule has 1 amide bonds. The van der Waals surface area contributed by atoms with Crippen LogP contribution in [0.2, 0.25) is 0 Å². The van der Waals surface area contributed by atoms with E-state index in [1.807, 2.05) is 56.5 Å². The van der Waals surface area contributed by atoms with Crippen molar-refractivity contribution in [2.75, 3.05) is 11.9 Å². The number of aromatic nitrogens is 4. The first kappa shape index (κ1) is 23.3. The Morgan fingerprint density at radius 3 is 2.59 bits per heavy atom. The van der Waals surface area contributed by atoms with Gasteiger partial charge in [0.05, 0.1) is 12.6 Å². The van der Waals surface area contributed by atoms with Gasteiger partial charge in [-0.25, -0.2) is 9.48 Å². The smallest absolute Gasteiger partial charge is 0.341 e. The average molecular weight is 476 g/mol. The molecule has 8 nitrogen and oxygen atoms in total. The van der Waals surface area contributed by atoms with E-state index in [9.17, 15) is 9.59 Å². The summed E-state index contributed by atoms with van der Waals surface area (Å²) in [5.41, 5.74) is 4.23. The standard InChI is InChI=1S/C25H25N5O3S/c1-5-33-25(32)21-20(17-11-9-16(4)10-12-17)14-34-24(21)26-23(31)19-8-6-7-18(13-19)22-27-28-29-30(22)15(2)3/h6-15H,5H2,1-4H3,(H,26,31). The third kappa shape index (κ3) is 4.74. The van der Waals surface area contributed by atoms with Crippen molar-refractivity contribution in [3.05, 3.63) is 70.6 Å². The molecule has 0 aliphatic rings. The molecule has 4 aromatic rings. The van der Waals surface area contributed by atoms with E-state index in [-0.39, 0.29) is 18.6 Å². The molecule has 0 radical (unpaired) electrons. The summed E-state index contributed by atoms with van der Waals surface area (Å²) in [6.45, 7) is 7.96. The second-order valence-electron chi connectivity index (χ2n) is 8.02. The average Bonchev–Trinajstić information content (AvgIpc) is 3.48. The number of ether oxygens (including phenoxy) is 1. The van der Waals surface area contributed by atoms with Gasteiger partial charge < -0.3 is 10.1 Å². The van der Waals surface area contributed by atoms with Crippen molar-refractivity contribution in [1.82, 2.24) is 20.2 Å². The molecule has 4 rings (SSSR count). The van der Waals surface area contributed by atoms with Crippen molar-refractivity contribution in [2.24, 2.45) is 0 Å². The van der Waals surface area contributed by atoms with Gasteiger partial charge in [0.1, 0.15) is 10.6 Å². The van der Waals surface area contributed by atoms with Crippen LogP contribution in [0.15, 0.2) is 53.9 Å². The van der Waals surface area contributed by atoms with Crippen LogP contribution in [-0.4, -0.2) is 38.7 Å². The summed E-state index contributed by atoms with van der Waals surface area (Å²) in [4.78, 5) is 26.0. The Bertz CT molecular complexity index is 1320. The number of tetrazole rings is 1. The second kappa shape index (κ2) is 9.96. The molecule has 0 bridgehead atoms. The third-order valence-electron chi connectivity index (χ3n) is 5.23. The molecule has 34 heavy (non-hydrogen) atoms. The van der Waals surface area contributed by atoms with E-state index in [4.69, 9.17) is 4.74 Å². The van der Waals surface area contributed by atoms with Crippen LogP contribution < -0.4 is 5.32 Å². The predicted molar refractivity (Wildman–Crippen MR) is 132 cm³/mol. The molecule has 2 heterocycles. The van der Waals surface area contributed by atoms with Crippen molar-refractivity contribution >= 4 is 28.2 Å². The number of thiophene rings is 1. The lowest BCUT2D eigenvalue weighted by molar-refractivity contribution is 0.0529. The zero-order valence-corrected chi connectivity index (χ0v) is 20.2. The molecule has 0 aliphatic carbocycles. The first-order valence-electron chi connectivity index (χ1n) is 10.9. The van der Waals surface area contributed by atoms with Gasteiger partial charge in [-0.3, -0.25) is 4.79 Å². The number of amides is 1. The van der Waals surface area contributed by atoms with E-state index in [0.717, 1.165) is 22.3 Å². The minimum absolute atomic E-state index is 0.0703. The Hall–Kier alpha value is -3.85. The van der Waals surface area contributed by atoms with Crippen LogP contribution in [0, 0.1) is 6.92 Å². The highest BCUT2D eigenvalue weighted by molar-refractivity contribution is 7.15. The minimum Gasteiger partial charge on any atom is -0.462 e. The SMILES string of the molecule is CCOC(=O)c1c(-c2ccc(C)cc2)csc1NC(=O)c1cccc(-c2nnnn2C(C)C)c1. The van der Waals surface area contributed by atoms with Crippen LogP contribution >= 0.6 is 11.3 Å². The van der Waals surface area contributed by atoms with Gasteiger partial charge in [-0.1, -0.05) is 42.0 Å². The Morgan fingerprint density at radius 2 is 1.88 bits per heavy atom. The zero-order chi connectivity index (χ0) is 24.2. The Kier molecular flexibility index (Phi) is 6.83. The number of carbonyl (C=O) groups excluding carboxylic acids is 2. The van der Waals surface area contributed by atoms with Crippen molar-refractivity contribution in [1.29, 1.82) is 0 Å². The van der Waals surface area contributed by atoms with E-state index < -0.39 is 5.97 Å². The summed E-state index contributed by atoms with van der Waals surface area (Å²) in [6.07, 6.45) is 0. The molecule has 0 aliphatic heterocycles. The fourth-order valence-corrected chi connectivity index (χ4v) is 4.46. The first-order valence-corrected chi connectivity index (χ1v) is 11.8. The number of anilines is 1. The highest BCUT2D eigenvalue weighted by Gasteiger charge is 2.23. The van der Waals surface area contributed by atoms with Gasteiger partial charge in [0.2, 0.25) is 0 Å². The maximum absolute atomic E-state index is 13.2.